The zero-order valence-electron chi connectivity index (χ0n) is 17.9. The smallest absolute Gasteiger partial charge is 0.321 e. The molecule has 0 spiro atoms. The van der Waals surface area contributed by atoms with Crippen LogP contribution < -0.4 is 14.8 Å². The predicted octanol–water partition coefficient (Wildman–Crippen LogP) is 4.20. The molecule has 2 amide bonds. The second-order valence-corrected chi connectivity index (χ2v) is 8.12. The number of hydrogen-bond donors (Lipinski definition) is 1. The number of carbonyl (C=O) groups excluding carboxylic acids is 1. The van der Waals surface area contributed by atoms with E-state index in [9.17, 15) is 4.79 Å². The molecule has 1 N–H and O–H groups in total. The first-order chi connectivity index (χ1) is 14.0. The standard InChI is InChI=1S/C23H29N3O3.ClH/c1-15-5-10-21(29-4)20(11-15)24-23(27)26-13-17-12-25(2)22(19(17)14-26)16-6-8-18(28-3)9-7-16;/h5-11,17,19,22H,12-14H2,1-4H3,(H,24,27);1H/t17-,19+,22+;/m0./s1. The Kier molecular flexibility index (Phi) is 6.78. The lowest BCUT2D eigenvalue weighted by Crippen LogP contribution is -2.36. The van der Waals surface area contributed by atoms with Gasteiger partial charge < -0.3 is 19.7 Å². The number of rotatable bonds is 4. The molecule has 162 valence electrons. The number of halogens is 1. The van der Waals surface area contributed by atoms with Crippen LogP contribution in [0.25, 0.3) is 0 Å². The lowest BCUT2D eigenvalue weighted by molar-refractivity contribution is 0.205. The molecule has 0 bridgehead atoms. The van der Waals surface area contributed by atoms with Crippen molar-refractivity contribution >= 4 is 24.1 Å². The predicted molar refractivity (Wildman–Crippen MR) is 121 cm³/mol. The van der Waals surface area contributed by atoms with Crippen molar-refractivity contribution in [1.82, 2.24) is 9.80 Å². The molecule has 0 radical (unpaired) electrons. The molecule has 30 heavy (non-hydrogen) atoms. The maximum atomic E-state index is 13.0. The number of carbonyl (C=O) groups is 1. The molecule has 0 unspecified atom stereocenters. The fraction of sp³-hybridized carbons (Fsp3) is 0.435. The van der Waals surface area contributed by atoms with Crippen molar-refractivity contribution in [3.05, 3.63) is 53.6 Å². The van der Waals surface area contributed by atoms with Crippen molar-refractivity contribution in [2.24, 2.45) is 11.8 Å². The topological polar surface area (TPSA) is 54.0 Å². The Morgan fingerprint density at radius 3 is 2.43 bits per heavy atom. The third kappa shape index (κ3) is 4.20. The molecule has 7 heteroatoms. The Morgan fingerprint density at radius 2 is 1.77 bits per heavy atom. The number of benzene rings is 2. The van der Waals surface area contributed by atoms with E-state index in [0.29, 0.717) is 23.6 Å². The Hall–Kier alpha value is -2.44. The highest BCUT2D eigenvalue weighted by Gasteiger charge is 2.47. The van der Waals surface area contributed by atoms with Gasteiger partial charge in [-0.25, -0.2) is 4.79 Å². The fourth-order valence-corrected chi connectivity index (χ4v) is 4.84. The van der Waals surface area contributed by atoms with Crippen molar-refractivity contribution in [3.63, 3.8) is 0 Å². The minimum absolute atomic E-state index is 0. The summed E-state index contributed by atoms with van der Waals surface area (Å²) in [7, 11) is 5.48. The molecule has 2 aliphatic rings. The van der Waals surface area contributed by atoms with Crippen molar-refractivity contribution in [1.29, 1.82) is 0 Å². The lowest BCUT2D eigenvalue weighted by atomic mass is 9.89. The van der Waals surface area contributed by atoms with Gasteiger partial charge in [0, 0.05) is 31.6 Å². The van der Waals surface area contributed by atoms with E-state index in [1.807, 2.05) is 42.2 Å². The van der Waals surface area contributed by atoms with Crippen molar-refractivity contribution < 1.29 is 14.3 Å². The van der Waals surface area contributed by atoms with E-state index in [-0.39, 0.29) is 18.4 Å². The third-order valence-corrected chi connectivity index (χ3v) is 6.24. The number of fused-ring (bicyclic) bond motifs is 1. The second-order valence-electron chi connectivity index (χ2n) is 8.12. The monoisotopic (exact) mass is 431 g/mol. The number of likely N-dealkylation sites (tertiary alicyclic amines) is 2. The van der Waals surface area contributed by atoms with Crippen LogP contribution in [0.15, 0.2) is 42.5 Å². The summed E-state index contributed by atoms with van der Waals surface area (Å²) >= 11 is 0. The van der Waals surface area contributed by atoms with Crippen LogP contribution in [0.4, 0.5) is 10.5 Å². The number of amides is 2. The number of methoxy groups -OCH3 is 2. The molecule has 2 aromatic carbocycles. The highest BCUT2D eigenvalue weighted by atomic mass is 35.5. The van der Waals surface area contributed by atoms with E-state index in [4.69, 9.17) is 9.47 Å². The number of aryl methyl sites for hydroxylation is 1. The van der Waals surface area contributed by atoms with Crippen LogP contribution in [0.2, 0.25) is 0 Å². The van der Waals surface area contributed by atoms with Crippen LogP contribution in [0.5, 0.6) is 11.5 Å². The molecule has 2 heterocycles. The lowest BCUT2D eigenvalue weighted by Gasteiger charge is -2.27. The molecule has 3 atom stereocenters. The molecule has 0 aliphatic carbocycles. The number of urea groups is 1. The number of nitrogens with one attached hydrogen (secondary N) is 1. The van der Waals surface area contributed by atoms with E-state index < -0.39 is 0 Å². The van der Waals surface area contributed by atoms with Gasteiger partial charge in [-0.1, -0.05) is 18.2 Å². The van der Waals surface area contributed by atoms with E-state index in [2.05, 4.69) is 29.4 Å². The highest BCUT2D eigenvalue weighted by molar-refractivity contribution is 5.91. The van der Waals surface area contributed by atoms with Gasteiger partial charge in [0.2, 0.25) is 0 Å². The number of anilines is 1. The summed E-state index contributed by atoms with van der Waals surface area (Å²) in [6, 6.07) is 14.4. The first kappa shape index (κ1) is 22.2. The van der Waals surface area contributed by atoms with Crippen molar-refractivity contribution in [2.45, 2.75) is 13.0 Å². The number of hydrogen-bond acceptors (Lipinski definition) is 4. The zero-order valence-corrected chi connectivity index (χ0v) is 18.7. The molecule has 2 aliphatic heterocycles. The Bertz CT molecular complexity index is 890. The van der Waals surface area contributed by atoms with Crippen LogP contribution in [0.3, 0.4) is 0 Å². The largest absolute Gasteiger partial charge is 0.497 e. The third-order valence-electron chi connectivity index (χ3n) is 6.24. The maximum absolute atomic E-state index is 13.0. The molecule has 4 rings (SSSR count). The minimum atomic E-state index is -0.0561. The Balaban J connectivity index is 0.00000256. The van der Waals surface area contributed by atoms with E-state index in [1.165, 1.54) is 5.56 Å². The summed E-state index contributed by atoms with van der Waals surface area (Å²) in [5, 5.41) is 3.05. The van der Waals surface area contributed by atoms with E-state index in [0.717, 1.165) is 36.6 Å². The Labute approximate surface area is 184 Å². The number of ether oxygens (including phenoxy) is 2. The molecule has 2 aromatic rings. The maximum Gasteiger partial charge on any atom is 0.321 e. The SMILES string of the molecule is COc1ccc([C@@H]2[C@@H]3CN(C(=O)Nc4cc(C)ccc4OC)C[C@@H]3CN2C)cc1.Cl. The van der Waals surface area contributed by atoms with Gasteiger partial charge in [-0.3, -0.25) is 4.90 Å². The second kappa shape index (κ2) is 9.14. The Morgan fingerprint density at radius 1 is 1.03 bits per heavy atom. The molecule has 0 aromatic heterocycles. The summed E-state index contributed by atoms with van der Waals surface area (Å²) in [5.41, 5.74) is 3.09. The summed E-state index contributed by atoms with van der Waals surface area (Å²) in [5.74, 6) is 2.46. The fourth-order valence-electron chi connectivity index (χ4n) is 4.84. The van der Waals surface area contributed by atoms with Gasteiger partial charge in [0.15, 0.2) is 0 Å². The summed E-state index contributed by atoms with van der Waals surface area (Å²) < 4.78 is 10.7. The van der Waals surface area contributed by atoms with Gasteiger partial charge in [0.1, 0.15) is 11.5 Å². The van der Waals surface area contributed by atoms with Crippen LogP contribution >= 0.6 is 12.4 Å². The summed E-state index contributed by atoms with van der Waals surface area (Å²) in [6.07, 6.45) is 0. The summed E-state index contributed by atoms with van der Waals surface area (Å²) in [6.45, 7) is 4.54. The quantitative estimate of drug-likeness (QED) is 0.788. The molecule has 2 saturated heterocycles. The van der Waals surface area contributed by atoms with Gasteiger partial charge in [0.05, 0.1) is 19.9 Å². The van der Waals surface area contributed by atoms with E-state index in [1.54, 1.807) is 14.2 Å². The van der Waals surface area contributed by atoms with Gasteiger partial charge in [-0.15, -0.1) is 12.4 Å². The first-order valence-corrected chi connectivity index (χ1v) is 10.0. The summed E-state index contributed by atoms with van der Waals surface area (Å²) in [4.78, 5) is 17.3. The van der Waals surface area contributed by atoms with Crippen molar-refractivity contribution in [3.8, 4) is 11.5 Å². The normalized spacial score (nSPS) is 22.9. The van der Waals surface area contributed by atoms with Crippen LogP contribution in [0.1, 0.15) is 17.2 Å². The van der Waals surface area contributed by atoms with Gasteiger partial charge >= 0.3 is 6.03 Å². The average molecular weight is 432 g/mol. The van der Waals surface area contributed by atoms with Gasteiger partial charge in [0.25, 0.3) is 0 Å². The molecular weight excluding hydrogens is 402 g/mol. The highest BCUT2D eigenvalue weighted by Crippen LogP contribution is 2.44. The van der Waals surface area contributed by atoms with Crippen LogP contribution in [-0.4, -0.2) is 56.7 Å². The number of nitrogens with zero attached hydrogens (tertiary/aromatic N) is 2. The molecule has 0 saturated carbocycles. The van der Waals surface area contributed by atoms with Crippen molar-refractivity contribution in [2.75, 3.05) is 46.2 Å². The minimum Gasteiger partial charge on any atom is -0.497 e. The van der Waals surface area contributed by atoms with Crippen LogP contribution in [0, 0.1) is 18.8 Å². The first-order valence-electron chi connectivity index (χ1n) is 10.0. The molecule has 6 nitrogen and oxygen atoms in total. The molecule has 2 fully saturated rings. The van der Waals surface area contributed by atoms with Gasteiger partial charge in [-0.05, 0) is 55.3 Å². The van der Waals surface area contributed by atoms with Crippen LogP contribution in [-0.2, 0) is 0 Å². The molecular formula is C23H30ClN3O3. The average Bonchev–Trinajstić information content (AvgIpc) is 3.25. The van der Waals surface area contributed by atoms with E-state index >= 15 is 0 Å². The zero-order chi connectivity index (χ0) is 20.5. The van der Waals surface area contributed by atoms with Gasteiger partial charge in [-0.2, -0.15) is 0 Å².